The first-order chi connectivity index (χ1) is 9.95. The molecule has 0 aliphatic rings. The van der Waals surface area contributed by atoms with Gasteiger partial charge in [0, 0.05) is 6.42 Å². The zero-order chi connectivity index (χ0) is 16.0. The summed E-state index contributed by atoms with van der Waals surface area (Å²) in [5.41, 5.74) is 0. The van der Waals surface area contributed by atoms with Gasteiger partial charge in [-0.1, -0.05) is 97.3 Å². The summed E-state index contributed by atoms with van der Waals surface area (Å²) in [5, 5.41) is 0. The zero-order valence-electron chi connectivity index (χ0n) is 14.1. The number of unbranched alkanes of at least 4 members (excludes halogenated alkanes) is 11. The van der Waals surface area contributed by atoms with E-state index >= 15 is 0 Å². The highest BCUT2D eigenvalue weighted by molar-refractivity contribution is 4.60. The van der Waals surface area contributed by atoms with Crippen LogP contribution in [0.4, 0.5) is 13.2 Å². The van der Waals surface area contributed by atoms with Crippen LogP contribution in [0.2, 0.25) is 0 Å². The number of hydrogen-bond acceptors (Lipinski definition) is 0. The van der Waals surface area contributed by atoms with Crippen molar-refractivity contribution < 1.29 is 13.2 Å². The molecule has 3 heteroatoms. The molecule has 21 heavy (non-hydrogen) atoms. The van der Waals surface area contributed by atoms with E-state index in [0.29, 0.717) is 0 Å². The molecule has 0 aliphatic heterocycles. The van der Waals surface area contributed by atoms with Crippen LogP contribution in [0.1, 0.15) is 104 Å². The zero-order valence-corrected chi connectivity index (χ0v) is 14.1. The van der Waals surface area contributed by atoms with E-state index in [-0.39, 0.29) is 5.92 Å². The van der Waals surface area contributed by atoms with Crippen LogP contribution < -0.4 is 0 Å². The van der Waals surface area contributed by atoms with Gasteiger partial charge in [0.05, 0.1) is 0 Å². The summed E-state index contributed by atoms with van der Waals surface area (Å²) >= 11 is 0. The van der Waals surface area contributed by atoms with Gasteiger partial charge in [-0.05, 0) is 5.92 Å². The van der Waals surface area contributed by atoms with E-state index in [0.717, 1.165) is 19.3 Å². The van der Waals surface area contributed by atoms with E-state index < -0.39 is 12.6 Å². The monoisotopic (exact) mass is 308 g/mol. The van der Waals surface area contributed by atoms with Crippen LogP contribution in [0, 0.1) is 5.92 Å². The standard InChI is InChI=1S/C18H35F3/c1-3-4-5-6-7-8-9-10-11-12-13-14-15-17(2)16-18(19,20)21/h17H,3-16H2,1-2H3. The average Bonchev–Trinajstić information content (AvgIpc) is 2.38. The fourth-order valence-electron chi connectivity index (χ4n) is 2.83. The molecule has 0 aromatic heterocycles. The highest BCUT2D eigenvalue weighted by Crippen LogP contribution is 2.27. The van der Waals surface area contributed by atoms with Gasteiger partial charge in [0.25, 0.3) is 0 Å². The molecule has 0 aromatic carbocycles. The average molecular weight is 308 g/mol. The summed E-state index contributed by atoms with van der Waals surface area (Å²) in [4.78, 5) is 0. The van der Waals surface area contributed by atoms with Crippen LogP contribution in [0.15, 0.2) is 0 Å². The third-order valence-electron chi connectivity index (χ3n) is 4.13. The first-order valence-electron chi connectivity index (χ1n) is 9.02. The minimum Gasteiger partial charge on any atom is -0.171 e. The van der Waals surface area contributed by atoms with Crippen LogP contribution in [0.25, 0.3) is 0 Å². The summed E-state index contributed by atoms with van der Waals surface area (Å²) < 4.78 is 36.5. The second-order valence-electron chi connectivity index (χ2n) is 6.60. The molecule has 0 nitrogen and oxygen atoms in total. The Labute approximate surface area is 129 Å². The van der Waals surface area contributed by atoms with Gasteiger partial charge in [-0.25, -0.2) is 0 Å². The van der Waals surface area contributed by atoms with Crippen LogP contribution >= 0.6 is 0 Å². The molecule has 1 unspecified atom stereocenters. The van der Waals surface area contributed by atoms with Crippen molar-refractivity contribution in [2.45, 2.75) is 110 Å². The second-order valence-corrected chi connectivity index (χ2v) is 6.60. The lowest BCUT2D eigenvalue weighted by atomic mass is 9.98. The van der Waals surface area contributed by atoms with Gasteiger partial charge in [0.1, 0.15) is 0 Å². The van der Waals surface area contributed by atoms with Crippen molar-refractivity contribution in [3.8, 4) is 0 Å². The van der Waals surface area contributed by atoms with E-state index in [9.17, 15) is 13.2 Å². The molecular weight excluding hydrogens is 273 g/mol. The predicted octanol–water partition coefficient (Wildman–Crippen LogP) is 7.67. The maximum atomic E-state index is 12.2. The predicted molar refractivity (Wildman–Crippen MR) is 85.5 cm³/mol. The second kappa shape index (κ2) is 13.5. The first kappa shape index (κ1) is 20.8. The SMILES string of the molecule is CCCCCCCCCCCCCCC(C)CC(F)(F)F. The Balaban J connectivity index is 3.15. The molecule has 0 saturated heterocycles. The Kier molecular flexibility index (Phi) is 13.3. The Morgan fingerprint density at radius 1 is 0.667 bits per heavy atom. The fourth-order valence-corrected chi connectivity index (χ4v) is 2.83. The van der Waals surface area contributed by atoms with Gasteiger partial charge >= 0.3 is 6.18 Å². The van der Waals surface area contributed by atoms with E-state index in [1.807, 2.05) is 0 Å². The van der Waals surface area contributed by atoms with Crippen molar-refractivity contribution in [1.82, 2.24) is 0 Å². The molecule has 0 heterocycles. The molecule has 0 fully saturated rings. The number of halogens is 3. The largest absolute Gasteiger partial charge is 0.389 e. The highest BCUT2D eigenvalue weighted by atomic mass is 19.4. The lowest BCUT2D eigenvalue weighted by Crippen LogP contribution is -2.12. The number of hydrogen-bond donors (Lipinski definition) is 0. The Morgan fingerprint density at radius 3 is 1.43 bits per heavy atom. The normalized spacial score (nSPS) is 13.6. The van der Waals surface area contributed by atoms with E-state index in [4.69, 9.17) is 0 Å². The molecular formula is C18H35F3. The lowest BCUT2D eigenvalue weighted by Gasteiger charge is -2.13. The highest BCUT2D eigenvalue weighted by Gasteiger charge is 2.29. The van der Waals surface area contributed by atoms with E-state index in [1.54, 1.807) is 6.92 Å². The third-order valence-corrected chi connectivity index (χ3v) is 4.13. The maximum absolute atomic E-state index is 12.2. The molecule has 0 radical (unpaired) electrons. The molecule has 128 valence electrons. The van der Waals surface area contributed by atoms with Crippen LogP contribution in [-0.2, 0) is 0 Å². The van der Waals surface area contributed by atoms with Gasteiger partial charge in [0.2, 0.25) is 0 Å². The van der Waals surface area contributed by atoms with Crippen molar-refractivity contribution in [3.63, 3.8) is 0 Å². The minimum absolute atomic E-state index is 0.215. The maximum Gasteiger partial charge on any atom is 0.389 e. The van der Waals surface area contributed by atoms with Crippen molar-refractivity contribution in [3.05, 3.63) is 0 Å². The fraction of sp³-hybridized carbons (Fsp3) is 1.00. The topological polar surface area (TPSA) is 0 Å². The van der Waals surface area contributed by atoms with Crippen molar-refractivity contribution >= 4 is 0 Å². The van der Waals surface area contributed by atoms with Crippen molar-refractivity contribution in [1.29, 1.82) is 0 Å². The number of alkyl halides is 3. The summed E-state index contributed by atoms with van der Waals surface area (Å²) in [5.74, 6) is -0.215. The van der Waals surface area contributed by atoms with Gasteiger partial charge in [0.15, 0.2) is 0 Å². The van der Waals surface area contributed by atoms with Crippen LogP contribution in [0.3, 0.4) is 0 Å². The van der Waals surface area contributed by atoms with Gasteiger partial charge in [-0.2, -0.15) is 13.2 Å². The summed E-state index contributed by atoms with van der Waals surface area (Å²) in [6.45, 7) is 3.95. The molecule has 0 amide bonds. The van der Waals surface area contributed by atoms with Crippen LogP contribution in [-0.4, -0.2) is 6.18 Å². The molecule has 0 aliphatic carbocycles. The Morgan fingerprint density at radius 2 is 1.05 bits per heavy atom. The summed E-state index contributed by atoms with van der Waals surface area (Å²) in [6, 6.07) is 0. The molecule has 0 bridgehead atoms. The quantitative estimate of drug-likeness (QED) is 0.289. The first-order valence-corrected chi connectivity index (χ1v) is 9.02. The van der Waals surface area contributed by atoms with E-state index in [1.165, 1.54) is 64.2 Å². The Bertz CT molecular complexity index is 211. The molecule has 1 atom stereocenters. The summed E-state index contributed by atoms with van der Waals surface area (Å²) in [6.07, 6.45) is 11.4. The van der Waals surface area contributed by atoms with E-state index in [2.05, 4.69) is 6.92 Å². The van der Waals surface area contributed by atoms with Gasteiger partial charge < -0.3 is 0 Å². The van der Waals surface area contributed by atoms with Gasteiger partial charge in [-0.15, -0.1) is 0 Å². The molecule has 0 spiro atoms. The smallest absolute Gasteiger partial charge is 0.171 e. The minimum atomic E-state index is -3.99. The van der Waals surface area contributed by atoms with Crippen LogP contribution in [0.5, 0.6) is 0 Å². The molecule has 0 N–H and O–H groups in total. The van der Waals surface area contributed by atoms with Gasteiger partial charge in [-0.3, -0.25) is 0 Å². The molecule has 0 rings (SSSR count). The molecule has 0 saturated carbocycles. The lowest BCUT2D eigenvalue weighted by molar-refractivity contribution is -0.143. The molecule has 0 aromatic rings. The number of rotatable bonds is 14. The third kappa shape index (κ3) is 17.7. The van der Waals surface area contributed by atoms with Crippen molar-refractivity contribution in [2.75, 3.05) is 0 Å². The van der Waals surface area contributed by atoms with Crippen molar-refractivity contribution in [2.24, 2.45) is 5.92 Å². The Hall–Kier alpha value is -0.210. The summed E-state index contributed by atoms with van der Waals surface area (Å²) in [7, 11) is 0.